The molecule has 11 nitrogen and oxygen atoms in total. The summed E-state index contributed by atoms with van der Waals surface area (Å²) < 4.78 is 63.9. The van der Waals surface area contributed by atoms with Gasteiger partial charge in [-0.15, -0.1) is 0 Å². The van der Waals surface area contributed by atoms with Crippen molar-refractivity contribution >= 4 is 38.0 Å². The number of carboxylic acid groups (broad SMARTS) is 2. The first-order chi connectivity index (χ1) is 12.7. The first kappa shape index (κ1) is 21.2. The van der Waals surface area contributed by atoms with Gasteiger partial charge in [-0.1, -0.05) is 12.1 Å². The maximum atomic E-state index is 12.6. The van der Waals surface area contributed by atoms with E-state index in [0.29, 0.717) is 18.2 Å². The molecule has 2 aromatic carbocycles. The third-order valence-corrected chi connectivity index (χ3v) is 5.29. The number of hydrogen-bond acceptors (Lipinski definition) is 7. The Bertz CT molecular complexity index is 1220. The van der Waals surface area contributed by atoms with Crippen LogP contribution in [-0.2, 0) is 20.2 Å². The highest BCUT2D eigenvalue weighted by atomic mass is 32.2. The summed E-state index contributed by atoms with van der Waals surface area (Å²) in [7, 11) is -10.1. The Balaban J connectivity index is 2.85. The summed E-state index contributed by atoms with van der Waals surface area (Å²) in [4.78, 5) is 33.2. The van der Waals surface area contributed by atoms with E-state index < -0.39 is 70.0 Å². The molecule has 2 rings (SSSR count). The second-order valence-corrected chi connectivity index (χ2v) is 8.06. The average Bonchev–Trinajstić information content (AvgIpc) is 2.58. The molecule has 0 heterocycles. The van der Waals surface area contributed by atoms with Gasteiger partial charge in [0, 0.05) is 11.1 Å². The lowest BCUT2D eigenvalue weighted by molar-refractivity contribution is 0.0684. The highest BCUT2D eigenvalue weighted by Crippen LogP contribution is 2.27. The molecule has 0 saturated heterocycles. The Morgan fingerprint density at radius 1 is 0.750 bits per heavy atom. The predicted molar refractivity (Wildman–Crippen MR) is 89.9 cm³/mol. The molecule has 0 amide bonds. The summed E-state index contributed by atoms with van der Waals surface area (Å²) in [5, 5.41) is 18.4. The van der Waals surface area contributed by atoms with Crippen LogP contribution in [0.25, 0.3) is 0 Å². The van der Waals surface area contributed by atoms with Gasteiger partial charge in [0.2, 0.25) is 0 Å². The van der Waals surface area contributed by atoms with Crippen molar-refractivity contribution in [3.63, 3.8) is 0 Å². The van der Waals surface area contributed by atoms with E-state index >= 15 is 0 Å². The molecule has 0 unspecified atom stereocenters. The molecule has 0 fully saturated rings. The maximum Gasteiger partial charge on any atom is 0.337 e. The van der Waals surface area contributed by atoms with E-state index in [4.69, 9.17) is 9.66 Å². The van der Waals surface area contributed by atoms with Gasteiger partial charge >= 0.3 is 11.9 Å². The Labute approximate surface area is 157 Å². The van der Waals surface area contributed by atoms with Crippen molar-refractivity contribution in [2.45, 2.75) is 9.79 Å². The molecule has 0 radical (unpaired) electrons. The zero-order valence-electron chi connectivity index (χ0n) is 13.4. The number of benzene rings is 2. The van der Waals surface area contributed by atoms with E-state index in [-0.39, 0.29) is 0 Å². The largest absolute Gasteiger partial charge is 0.478 e. The summed E-state index contributed by atoms with van der Waals surface area (Å²) in [5.74, 6) is -5.09. The van der Waals surface area contributed by atoms with Crippen molar-refractivity contribution < 1.29 is 50.5 Å². The SMILES string of the molecule is O=C(c1cccc(S(=O)(=O)O)c1)c1ccc(C(=O)O)c(S(=O)(=O)O)c1C(=O)O. The number of rotatable bonds is 6. The van der Waals surface area contributed by atoms with Crippen LogP contribution in [0.2, 0.25) is 0 Å². The lowest BCUT2D eigenvalue weighted by atomic mass is 9.96. The number of carbonyl (C=O) groups is 3. The van der Waals surface area contributed by atoms with Crippen LogP contribution in [0.15, 0.2) is 46.2 Å². The maximum absolute atomic E-state index is 12.6. The zero-order chi connectivity index (χ0) is 21.4. The quantitative estimate of drug-likeness (QED) is 0.373. The van der Waals surface area contributed by atoms with E-state index in [1.807, 2.05) is 0 Å². The number of carboxylic acids is 2. The molecule has 0 aliphatic heterocycles. The lowest BCUT2D eigenvalue weighted by Crippen LogP contribution is -2.19. The highest BCUT2D eigenvalue weighted by molar-refractivity contribution is 7.86. The van der Waals surface area contributed by atoms with E-state index in [9.17, 15) is 40.9 Å². The van der Waals surface area contributed by atoms with Gasteiger partial charge < -0.3 is 10.2 Å². The smallest absolute Gasteiger partial charge is 0.337 e. The molecule has 0 bridgehead atoms. The van der Waals surface area contributed by atoms with Crippen molar-refractivity contribution in [2.24, 2.45) is 0 Å². The molecule has 0 aliphatic rings. The molecule has 0 aromatic heterocycles. The van der Waals surface area contributed by atoms with Gasteiger partial charge in [0.15, 0.2) is 5.78 Å². The van der Waals surface area contributed by atoms with Gasteiger partial charge in [-0.3, -0.25) is 13.9 Å². The van der Waals surface area contributed by atoms with E-state index in [1.54, 1.807) is 0 Å². The van der Waals surface area contributed by atoms with Crippen LogP contribution in [-0.4, -0.2) is 53.9 Å². The Hall–Kier alpha value is -3.13. The standard InChI is InChI=1S/C15H10O11S2/c16-12(7-2-1-3-8(6-7)27(21,22)23)9-4-5-10(14(17)18)13(28(24,25)26)11(9)15(19)20/h1-6H,(H,17,18)(H,19,20)(H,21,22,23)(H,24,25,26). The van der Waals surface area contributed by atoms with Gasteiger partial charge in [0.1, 0.15) is 4.90 Å². The summed E-state index contributed by atoms with van der Waals surface area (Å²) in [6.45, 7) is 0. The molecule has 2 aromatic rings. The third-order valence-electron chi connectivity index (χ3n) is 3.50. The fraction of sp³-hybridized carbons (Fsp3) is 0. The summed E-state index contributed by atoms with van der Waals surface area (Å²) in [6.07, 6.45) is 0. The number of ketones is 1. The molecule has 13 heteroatoms. The number of hydrogen-bond donors (Lipinski definition) is 4. The molecular formula is C15H10O11S2. The van der Waals surface area contributed by atoms with Crippen LogP contribution in [0.1, 0.15) is 36.6 Å². The van der Waals surface area contributed by atoms with Gasteiger partial charge in [-0.05, 0) is 24.3 Å². The molecule has 4 N–H and O–H groups in total. The minimum Gasteiger partial charge on any atom is -0.478 e. The number of aromatic carboxylic acids is 2. The van der Waals surface area contributed by atoms with Gasteiger partial charge in [0.25, 0.3) is 20.2 Å². The molecule has 148 valence electrons. The fourth-order valence-corrected chi connectivity index (χ4v) is 3.79. The Morgan fingerprint density at radius 2 is 1.32 bits per heavy atom. The molecule has 0 aliphatic carbocycles. The molecule has 0 saturated carbocycles. The minimum absolute atomic E-state index is 0.443. The van der Waals surface area contributed by atoms with Crippen LogP contribution in [0, 0.1) is 0 Å². The van der Waals surface area contributed by atoms with Crippen molar-refractivity contribution in [3.8, 4) is 0 Å². The van der Waals surface area contributed by atoms with E-state index in [0.717, 1.165) is 18.2 Å². The highest BCUT2D eigenvalue weighted by Gasteiger charge is 2.32. The zero-order valence-corrected chi connectivity index (χ0v) is 15.1. The average molecular weight is 430 g/mol. The monoisotopic (exact) mass is 430 g/mol. The van der Waals surface area contributed by atoms with Crippen LogP contribution in [0.4, 0.5) is 0 Å². The molecule has 28 heavy (non-hydrogen) atoms. The topological polar surface area (TPSA) is 200 Å². The van der Waals surface area contributed by atoms with Crippen molar-refractivity contribution in [1.82, 2.24) is 0 Å². The summed E-state index contributed by atoms with van der Waals surface area (Å²) >= 11 is 0. The fourth-order valence-electron chi connectivity index (χ4n) is 2.37. The second-order valence-electron chi connectivity index (χ2n) is 5.28. The Morgan fingerprint density at radius 3 is 1.79 bits per heavy atom. The predicted octanol–water partition coefficient (Wildman–Crippen LogP) is 0.807. The number of carbonyl (C=O) groups excluding carboxylic acids is 1. The first-order valence-corrected chi connectivity index (χ1v) is 9.86. The van der Waals surface area contributed by atoms with Crippen molar-refractivity contribution in [1.29, 1.82) is 0 Å². The normalized spacial score (nSPS) is 11.8. The minimum atomic E-state index is -5.37. The Kier molecular flexibility index (Phi) is 5.39. The van der Waals surface area contributed by atoms with Crippen molar-refractivity contribution in [2.75, 3.05) is 0 Å². The van der Waals surface area contributed by atoms with Crippen LogP contribution in [0.3, 0.4) is 0 Å². The van der Waals surface area contributed by atoms with E-state index in [1.165, 1.54) is 0 Å². The first-order valence-electron chi connectivity index (χ1n) is 6.98. The van der Waals surface area contributed by atoms with E-state index in [2.05, 4.69) is 0 Å². The molecule has 0 spiro atoms. The molecular weight excluding hydrogens is 420 g/mol. The summed E-state index contributed by atoms with van der Waals surface area (Å²) in [5.41, 5.74) is -3.65. The van der Waals surface area contributed by atoms with Crippen molar-refractivity contribution in [3.05, 3.63) is 58.7 Å². The van der Waals surface area contributed by atoms with Gasteiger partial charge in [0.05, 0.1) is 16.0 Å². The van der Waals surface area contributed by atoms with Gasteiger partial charge in [-0.2, -0.15) is 16.8 Å². The summed E-state index contributed by atoms with van der Waals surface area (Å²) in [6, 6.07) is 5.09. The van der Waals surface area contributed by atoms with Crippen LogP contribution < -0.4 is 0 Å². The van der Waals surface area contributed by atoms with Crippen LogP contribution >= 0.6 is 0 Å². The third kappa shape index (κ3) is 4.07. The molecule has 0 atom stereocenters. The second kappa shape index (κ2) is 7.12. The van der Waals surface area contributed by atoms with Crippen LogP contribution in [0.5, 0.6) is 0 Å². The lowest BCUT2D eigenvalue weighted by Gasteiger charge is -2.12. The van der Waals surface area contributed by atoms with Gasteiger partial charge in [-0.25, -0.2) is 9.59 Å².